The number of carbonyl (C=O) groups excluding carboxylic acids is 1. The lowest BCUT2D eigenvalue weighted by atomic mass is 10.2. The number of ether oxygens (including phenoxy) is 2. The number of rotatable bonds is 7. The highest BCUT2D eigenvalue weighted by atomic mass is 19.1. The molecule has 3 nitrogen and oxygen atoms in total. The average molecular weight is 258 g/mol. The lowest BCUT2D eigenvalue weighted by Crippen LogP contribution is -2.05. The molecule has 18 heavy (non-hydrogen) atoms. The number of unbranched alkanes of at least 4 members (excludes halogenated alkanes) is 1. The summed E-state index contributed by atoms with van der Waals surface area (Å²) < 4.78 is 35.8. The van der Waals surface area contributed by atoms with E-state index in [9.17, 15) is 13.6 Å². The van der Waals surface area contributed by atoms with Gasteiger partial charge in [0.1, 0.15) is 5.82 Å². The van der Waals surface area contributed by atoms with E-state index < -0.39 is 11.6 Å². The highest BCUT2D eigenvalue weighted by Crippen LogP contribution is 2.18. The third-order valence-corrected chi connectivity index (χ3v) is 2.23. The van der Waals surface area contributed by atoms with Crippen molar-refractivity contribution in [2.24, 2.45) is 0 Å². The van der Waals surface area contributed by atoms with Gasteiger partial charge in [-0.05, 0) is 31.9 Å². The maximum Gasteiger partial charge on any atom is 0.305 e. The average Bonchev–Trinajstić information content (AvgIpc) is 2.33. The van der Waals surface area contributed by atoms with Gasteiger partial charge in [0.05, 0.1) is 13.2 Å². The molecule has 0 radical (unpaired) electrons. The standard InChI is InChI=1S/C13H16F2O3/c1-2-17-13(16)5-3-4-8-18-12-9-10(14)6-7-11(12)15/h6-7,9H,2-5,8H2,1H3. The molecule has 0 heterocycles. The number of carbonyl (C=O) groups is 1. The summed E-state index contributed by atoms with van der Waals surface area (Å²) >= 11 is 0. The molecule has 0 N–H and O–H groups in total. The molecule has 0 aliphatic rings. The van der Waals surface area contributed by atoms with Crippen LogP contribution in [0.1, 0.15) is 26.2 Å². The number of halogens is 2. The van der Waals surface area contributed by atoms with Crippen molar-refractivity contribution in [3.05, 3.63) is 29.8 Å². The lowest BCUT2D eigenvalue weighted by molar-refractivity contribution is -0.143. The van der Waals surface area contributed by atoms with Crippen molar-refractivity contribution >= 4 is 5.97 Å². The summed E-state index contributed by atoms with van der Waals surface area (Å²) in [7, 11) is 0. The van der Waals surface area contributed by atoms with E-state index in [0.29, 0.717) is 25.9 Å². The molecule has 0 spiro atoms. The van der Waals surface area contributed by atoms with E-state index >= 15 is 0 Å². The molecular weight excluding hydrogens is 242 g/mol. The van der Waals surface area contributed by atoms with E-state index in [2.05, 4.69) is 0 Å². The summed E-state index contributed by atoms with van der Waals surface area (Å²) in [6, 6.07) is 3.05. The first-order valence-corrected chi connectivity index (χ1v) is 5.87. The first-order chi connectivity index (χ1) is 8.63. The number of esters is 1. The van der Waals surface area contributed by atoms with Crippen LogP contribution in [0.15, 0.2) is 18.2 Å². The summed E-state index contributed by atoms with van der Waals surface area (Å²) in [5, 5.41) is 0. The molecule has 0 saturated carbocycles. The van der Waals surface area contributed by atoms with Crippen LogP contribution in [0.4, 0.5) is 8.78 Å². The predicted molar refractivity (Wildman–Crippen MR) is 62.3 cm³/mol. The number of hydrogen-bond donors (Lipinski definition) is 0. The molecule has 1 rings (SSSR count). The Morgan fingerprint density at radius 1 is 1.28 bits per heavy atom. The lowest BCUT2D eigenvalue weighted by Gasteiger charge is -2.07. The zero-order chi connectivity index (χ0) is 13.4. The molecule has 0 fully saturated rings. The van der Waals surface area contributed by atoms with Gasteiger partial charge in [-0.2, -0.15) is 0 Å². The second-order valence-electron chi connectivity index (χ2n) is 3.69. The molecule has 0 amide bonds. The van der Waals surface area contributed by atoms with Crippen LogP contribution in [-0.4, -0.2) is 19.2 Å². The smallest absolute Gasteiger partial charge is 0.305 e. The van der Waals surface area contributed by atoms with E-state index in [1.807, 2.05) is 0 Å². The van der Waals surface area contributed by atoms with E-state index in [4.69, 9.17) is 9.47 Å². The summed E-state index contributed by atoms with van der Waals surface area (Å²) in [6.07, 6.45) is 1.48. The van der Waals surface area contributed by atoms with Gasteiger partial charge >= 0.3 is 5.97 Å². The van der Waals surface area contributed by atoms with Gasteiger partial charge in [-0.25, -0.2) is 8.78 Å². The van der Waals surface area contributed by atoms with Gasteiger partial charge in [0, 0.05) is 12.5 Å². The summed E-state index contributed by atoms with van der Waals surface area (Å²) in [5.41, 5.74) is 0. The Hall–Kier alpha value is -1.65. The Balaban J connectivity index is 2.21. The highest BCUT2D eigenvalue weighted by Gasteiger charge is 2.05. The largest absolute Gasteiger partial charge is 0.490 e. The van der Waals surface area contributed by atoms with Crippen molar-refractivity contribution in [1.82, 2.24) is 0 Å². The molecule has 0 unspecified atom stereocenters. The van der Waals surface area contributed by atoms with Crippen LogP contribution in [0.2, 0.25) is 0 Å². The summed E-state index contributed by atoms with van der Waals surface area (Å²) in [6.45, 7) is 2.34. The first-order valence-electron chi connectivity index (χ1n) is 5.87. The molecule has 0 saturated heterocycles. The molecule has 1 aromatic carbocycles. The highest BCUT2D eigenvalue weighted by molar-refractivity contribution is 5.69. The van der Waals surface area contributed by atoms with Crippen LogP contribution >= 0.6 is 0 Å². The quantitative estimate of drug-likeness (QED) is 0.557. The van der Waals surface area contributed by atoms with Crippen molar-refractivity contribution in [2.45, 2.75) is 26.2 Å². The summed E-state index contributed by atoms with van der Waals surface area (Å²) in [4.78, 5) is 11.0. The molecular formula is C13H16F2O3. The van der Waals surface area contributed by atoms with Gasteiger partial charge in [0.25, 0.3) is 0 Å². The van der Waals surface area contributed by atoms with Crippen molar-refractivity contribution < 1.29 is 23.0 Å². The van der Waals surface area contributed by atoms with Gasteiger partial charge in [-0.3, -0.25) is 4.79 Å². The van der Waals surface area contributed by atoms with Crippen LogP contribution in [-0.2, 0) is 9.53 Å². The van der Waals surface area contributed by atoms with Crippen molar-refractivity contribution in [1.29, 1.82) is 0 Å². The third kappa shape index (κ3) is 5.12. The van der Waals surface area contributed by atoms with Crippen LogP contribution in [0.5, 0.6) is 5.75 Å². The van der Waals surface area contributed by atoms with E-state index in [1.54, 1.807) is 6.92 Å². The SMILES string of the molecule is CCOC(=O)CCCCOc1cc(F)ccc1F. The first kappa shape index (κ1) is 14.4. The Morgan fingerprint density at radius 3 is 2.78 bits per heavy atom. The minimum Gasteiger partial charge on any atom is -0.490 e. The molecule has 0 atom stereocenters. The van der Waals surface area contributed by atoms with Gasteiger partial charge < -0.3 is 9.47 Å². The molecule has 100 valence electrons. The van der Waals surface area contributed by atoms with Crippen molar-refractivity contribution in [2.75, 3.05) is 13.2 Å². The minimum absolute atomic E-state index is 0.105. The molecule has 1 aromatic rings. The molecule has 0 bridgehead atoms. The number of benzene rings is 1. The normalized spacial score (nSPS) is 10.2. The van der Waals surface area contributed by atoms with Crippen molar-refractivity contribution in [3.8, 4) is 5.75 Å². The second kappa shape index (κ2) is 7.63. The fraction of sp³-hybridized carbons (Fsp3) is 0.462. The van der Waals surface area contributed by atoms with Gasteiger partial charge in [-0.1, -0.05) is 0 Å². The Bertz CT molecular complexity index is 394. The number of hydrogen-bond acceptors (Lipinski definition) is 3. The van der Waals surface area contributed by atoms with E-state index in [1.165, 1.54) is 0 Å². The van der Waals surface area contributed by atoms with Crippen molar-refractivity contribution in [3.63, 3.8) is 0 Å². The summed E-state index contributed by atoms with van der Waals surface area (Å²) in [5.74, 6) is -1.50. The molecule has 0 aliphatic carbocycles. The van der Waals surface area contributed by atoms with E-state index in [-0.39, 0.29) is 18.3 Å². The third-order valence-electron chi connectivity index (χ3n) is 2.23. The Labute approximate surface area is 105 Å². The monoisotopic (exact) mass is 258 g/mol. The zero-order valence-corrected chi connectivity index (χ0v) is 10.2. The second-order valence-corrected chi connectivity index (χ2v) is 3.69. The maximum absolute atomic E-state index is 13.1. The molecule has 5 heteroatoms. The van der Waals surface area contributed by atoms with Crippen LogP contribution in [0.3, 0.4) is 0 Å². The Morgan fingerprint density at radius 2 is 2.06 bits per heavy atom. The van der Waals surface area contributed by atoms with Crippen LogP contribution in [0.25, 0.3) is 0 Å². The fourth-order valence-electron chi connectivity index (χ4n) is 1.37. The van der Waals surface area contributed by atoms with Crippen LogP contribution < -0.4 is 4.74 Å². The fourth-order valence-corrected chi connectivity index (χ4v) is 1.37. The maximum atomic E-state index is 13.1. The Kier molecular flexibility index (Phi) is 6.11. The van der Waals surface area contributed by atoms with Gasteiger partial charge in [-0.15, -0.1) is 0 Å². The van der Waals surface area contributed by atoms with Crippen LogP contribution in [0, 0.1) is 11.6 Å². The van der Waals surface area contributed by atoms with E-state index in [0.717, 1.165) is 18.2 Å². The zero-order valence-electron chi connectivity index (χ0n) is 10.2. The minimum atomic E-state index is -0.596. The van der Waals surface area contributed by atoms with Gasteiger partial charge in [0.2, 0.25) is 0 Å². The van der Waals surface area contributed by atoms with Gasteiger partial charge in [0.15, 0.2) is 11.6 Å². The molecule has 0 aliphatic heterocycles. The topological polar surface area (TPSA) is 35.5 Å². The predicted octanol–water partition coefficient (Wildman–Crippen LogP) is 3.08. The molecule has 0 aromatic heterocycles.